The first kappa shape index (κ1) is 36.5. The highest BCUT2D eigenvalue weighted by Crippen LogP contribution is 2.46. The third-order valence-corrected chi connectivity index (χ3v) is 12.5. The maximum absolute atomic E-state index is 6.69. The van der Waals surface area contributed by atoms with Crippen LogP contribution in [-0.4, -0.2) is 4.57 Å². The van der Waals surface area contributed by atoms with Crippen molar-refractivity contribution in [3.63, 3.8) is 0 Å². The molecule has 2 heterocycles. The fraction of sp³-hybridized carbons (Fsp3) is 0. The van der Waals surface area contributed by atoms with Crippen LogP contribution >= 0.6 is 0 Å². The van der Waals surface area contributed by atoms with Gasteiger partial charge >= 0.3 is 0 Å². The van der Waals surface area contributed by atoms with Crippen LogP contribution in [0.4, 0.5) is 17.1 Å². The van der Waals surface area contributed by atoms with Gasteiger partial charge in [0.05, 0.1) is 28.1 Å². The minimum Gasteiger partial charge on any atom is -0.454 e. The summed E-state index contributed by atoms with van der Waals surface area (Å²) in [5.74, 6) is 0. The van der Waals surface area contributed by atoms with Gasteiger partial charge in [0.2, 0.25) is 0 Å². The molecule has 3 heteroatoms. The van der Waals surface area contributed by atoms with E-state index in [0.29, 0.717) is 0 Å². The van der Waals surface area contributed by atoms with Gasteiger partial charge < -0.3 is 13.9 Å². The average Bonchev–Trinajstić information content (AvgIpc) is 3.91. The Bertz CT molecular complexity index is 3550. The number of rotatable bonds is 8. The number of fused-ring (bicyclic) bond motifs is 6. The number of hydrogen-bond acceptors (Lipinski definition) is 2. The zero-order valence-corrected chi connectivity index (χ0v) is 34.4. The van der Waals surface area contributed by atoms with Crippen LogP contribution < -0.4 is 4.90 Å². The molecule has 0 aliphatic carbocycles. The molecule has 0 amide bonds. The maximum atomic E-state index is 6.69. The molecule has 0 spiro atoms. The molecule has 0 radical (unpaired) electrons. The predicted octanol–water partition coefficient (Wildman–Crippen LogP) is 16.8. The van der Waals surface area contributed by atoms with E-state index >= 15 is 0 Å². The van der Waals surface area contributed by atoms with E-state index in [4.69, 9.17) is 4.42 Å². The van der Waals surface area contributed by atoms with Gasteiger partial charge in [-0.05, 0) is 81.9 Å². The summed E-state index contributed by atoms with van der Waals surface area (Å²) < 4.78 is 9.09. The Morgan fingerprint density at radius 1 is 0.302 bits per heavy atom. The lowest BCUT2D eigenvalue weighted by Crippen LogP contribution is -2.11. The molecule has 0 N–H and O–H groups in total. The molecule has 0 fully saturated rings. The van der Waals surface area contributed by atoms with Crippen molar-refractivity contribution >= 4 is 60.8 Å². The molecule has 12 aromatic rings. The minimum absolute atomic E-state index is 0.855. The lowest BCUT2D eigenvalue weighted by atomic mass is 9.97. The largest absolute Gasteiger partial charge is 0.454 e. The van der Waals surface area contributed by atoms with Crippen LogP contribution in [0.3, 0.4) is 0 Å². The van der Waals surface area contributed by atoms with Crippen molar-refractivity contribution in [2.24, 2.45) is 0 Å². The van der Waals surface area contributed by atoms with Gasteiger partial charge in [-0.3, -0.25) is 0 Å². The zero-order valence-electron chi connectivity index (χ0n) is 34.4. The lowest BCUT2D eigenvalue weighted by Gasteiger charge is -2.28. The van der Waals surface area contributed by atoms with Crippen LogP contribution in [0, 0.1) is 0 Å². The van der Waals surface area contributed by atoms with Gasteiger partial charge in [0.25, 0.3) is 0 Å². The molecule has 0 aliphatic rings. The van der Waals surface area contributed by atoms with Crippen LogP contribution in [0.25, 0.3) is 93.9 Å². The summed E-state index contributed by atoms with van der Waals surface area (Å²) in [6, 6.07) is 86.9. The number of nitrogens with zero attached hydrogens (tertiary/aromatic N) is 2. The van der Waals surface area contributed by atoms with E-state index in [0.717, 1.165) is 61.3 Å². The van der Waals surface area contributed by atoms with Crippen molar-refractivity contribution in [2.45, 2.75) is 0 Å². The number of anilines is 3. The second-order valence-electron chi connectivity index (χ2n) is 16.1. The summed E-state index contributed by atoms with van der Waals surface area (Å²) in [4.78, 5) is 2.35. The quantitative estimate of drug-likeness (QED) is 0.153. The van der Waals surface area contributed by atoms with Crippen molar-refractivity contribution in [1.82, 2.24) is 4.57 Å². The van der Waals surface area contributed by atoms with Crippen molar-refractivity contribution < 1.29 is 4.42 Å². The average molecular weight is 805 g/mol. The topological polar surface area (TPSA) is 21.3 Å². The van der Waals surface area contributed by atoms with Crippen LogP contribution in [0.15, 0.2) is 247 Å². The summed E-state index contributed by atoms with van der Waals surface area (Å²) in [6.45, 7) is 0. The first-order chi connectivity index (χ1) is 31.3. The Balaban J connectivity index is 0.936. The zero-order chi connectivity index (χ0) is 41.7. The number of furan rings is 1. The normalized spacial score (nSPS) is 11.5. The summed E-state index contributed by atoms with van der Waals surface area (Å²) in [6.07, 6.45) is 0. The highest BCUT2D eigenvalue weighted by molar-refractivity contribution is 6.11. The molecule has 10 aromatic carbocycles. The second-order valence-corrected chi connectivity index (χ2v) is 16.1. The van der Waals surface area contributed by atoms with Crippen LogP contribution in [0.5, 0.6) is 0 Å². The van der Waals surface area contributed by atoms with Gasteiger partial charge in [0.1, 0.15) is 5.58 Å². The smallest absolute Gasteiger partial charge is 0.159 e. The van der Waals surface area contributed by atoms with E-state index in [9.17, 15) is 0 Å². The molecule has 0 unspecified atom stereocenters. The third kappa shape index (κ3) is 6.29. The molecule has 12 rings (SSSR count). The van der Waals surface area contributed by atoms with Gasteiger partial charge in [0, 0.05) is 38.4 Å². The Morgan fingerprint density at radius 2 is 0.762 bits per heavy atom. The van der Waals surface area contributed by atoms with Crippen molar-refractivity contribution in [3.8, 4) is 50.2 Å². The van der Waals surface area contributed by atoms with Crippen molar-refractivity contribution in [1.29, 1.82) is 0 Å². The van der Waals surface area contributed by atoms with E-state index in [-0.39, 0.29) is 0 Å². The molecule has 0 bridgehead atoms. The Kier molecular flexibility index (Phi) is 8.83. The van der Waals surface area contributed by atoms with E-state index in [1.165, 1.54) is 49.7 Å². The first-order valence-electron chi connectivity index (χ1n) is 21.5. The van der Waals surface area contributed by atoms with Gasteiger partial charge in [-0.25, -0.2) is 0 Å². The molecule has 0 saturated heterocycles. The molecular weight excluding hydrogens is 765 g/mol. The van der Waals surface area contributed by atoms with E-state index in [2.05, 4.69) is 246 Å². The number of para-hydroxylation sites is 6. The Hall–Kier alpha value is -8.40. The fourth-order valence-electron chi connectivity index (χ4n) is 9.44. The van der Waals surface area contributed by atoms with E-state index < -0.39 is 0 Å². The highest BCUT2D eigenvalue weighted by atomic mass is 16.3. The molecule has 0 saturated carbocycles. The monoisotopic (exact) mass is 804 g/mol. The van der Waals surface area contributed by atoms with Crippen LogP contribution in [0.1, 0.15) is 0 Å². The lowest BCUT2D eigenvalue weighted by molar-refractivity contribution is 0.669. The van der Waals surface area contributed by atoms with Gasteiger partial charge in [-0.1, -0.05) is 194 Å². The van der Waals surface area contributed by atoms with Gasteiger partial charge in [0.15, 0.2) is 5.58 Å². The Labute approximate surface area is 366 Å². The summed E-state index contributed by atoms with van der Waals surface area (Å²) in [7, 11) is 0. The van der Waals surface area contributed by atoms with Crippen molar-refractivity contribution in [3.05, 3.63) is 243 Å². The fourth-order valence-corrected chi connectivity index (χ4v) is 9.44. The SMILES string of the molecule is c1ccc(-c2ccc(-c3ccccc3N(c3ccc(-c4ccc(-c5ccccc5-n5c6ccccc6c6ccccc65)cc4)cc3)c3cccc4c3oc3ccccc34)cc2)cc1. The van der Waals surface area contributed by atoms with Crippen LogP contribution in [-0.2, 0) is 0 Å². The molecule has 2 aromatic heterocycles. The van der Waals surface area contributed by atoms with Crippen LogP contribution in [0.2, 0.25) is 0 Å². The number of benzene rings is 10. The summed E-state index contributed by atoms with van der Waals surface area (Å²) in [5.41, 5.74) is 17.7. The standard InChI is InChI=1S/C60H40N2O/c1-2-15-41(16-3-1)42-29-33-45(34-30-42)48-17-4-9-23-54(48)61(58-27-14-22-53-52-21-8-13-28-59(52)63-60(53)58)47-39-37-44(38-40-47)43-31-35-46(36-32-43)49-18-5-10-24-55(49)62-56-25-11-6-19-50(56)51-20-7-12-26-57(51)62/h1-40H. The first-order valence-corrected chi connectivity index (χ1v) is 21.5. The predicted molar refractivity (Wildman–Crippen MR) is 264 cm³/mol. The number of aromatic nitrogens is 1. The molecule has 63 heavy (non-hydrogen) atoms. The summed E-state index contributed by atoms with van der Waals surface area (Å²) >= 11 is 0. The van der Waals surface area contributed by atoms with E-state index in [1.807, 2.05) is 6.07 Å². The Morgan fingerprint density at radius 3 is 1.44 bits per heavy atom. The van der Waals surface area contributed by atoms with Gasteiger partial charge in [-0.15, -0.1) is 0 Å². The molecule has 0 aliphatic heterocycles. The third-order valence-electron chi connectivity index (χ3n) is 12.5. The maximum Gasteiger partial charge on any atom is 0.159 e. The molecular formula is C60H40N2O. The highest BCUT2D eigenvalue weighted by Gasteiger charge is 2.22. The molecule has 0 atom stereocenters. The molecule has 296 valence electrons. The second kappa shape index (κ2) is 15.3. The molecule has 3 nitrogen and oxygen atoms in total. The van der Waals surface area contributed by atoms with Crippen molar-refractivity contribution in [2.75, 3.05) is 4.90 Å². The van der Waals surface area contributed by atoms with E-state index in [1.54, 1.807) is 0 Å². The minimum atomic E-state index is 0.855. The number of hydrogen-bond donors (Lipinski definition) is 0. The summed E-state index contributed by atoms with van der Waals surface area (Å²) in [5, 5.41) is 4.72. The van der Waals surface area contributed by atoms with Gasteiger partial charge in [-0.2, -0.15) is 0 Å².